The zero-order valence-electron chi connectivity index (χ0n) is 30.7. The molecule has 0 spiro atoms. The molecule has 0 aromatic heterocycles. The van der Waals surface area contributed by atoms with Gasteiger partial charge in [-0.05, 0) is 67.6 Å². The first kappa shape index (κ1) is 38.9. The first-order valence-electron chi connectivity index (χ1n) is 18.5. The van der Waals surface area contributed by atoms with E-state index in [1.54, 1.807) is 84.9 Å². The quantitative estimate of drug-likeness (QED) is 0.107. The van der Waals surface area contributed by atoms with Crippen molar-refractivity contribution in [2.24, 2.45) is 23.7 Å². The van der Waals surface area contributed by atoms with Crippen LogP contribution in [-0.4, -0.2) is 47.0 Å². The number of aliphatic hydroxyl groups excluding tert-OH is 1. The molecule has 4 aliphatic rings. The maximum atomic E-state index is 15.4. The molecule has 2 N–H and O–H groups in total. The van der Waals surface area contributed by atoms with Gasteiger partial charge in [-0.3, -0.25) is 24.6 Å². The summed E-state index contributed by atoms with van der Waals surface area (Å²) in [4.78, 5) is 59.3. The Kier molecular flexibility index (Phi) is 9.49. The average Bonchev–Trinajstić information content (AvgIpc) is 3.58. The van der Waals surface area contributed by atoms with Crippen LogP contribution in [0.2, 0.25) is 0 Å². The highest BCUT2D eigenvalue weighted by atomic mass is 19.4. The lowest BCUT2D eigenvalue weighted by atomic mass is 9.49. The molecule has 1 saturated carbocycles. The van der Waals surface area contributed by atoms with E-state index in [0.717, 1.165) is 10.6 Å². The van der Waals surface area contributed by atoms with E-state index < -0.39 is 87.8 Å². The Morgan fingerprint density at radius 1 is 0.793 bits per heavy atom. The van der Waals surface area contributed by atoms with E-state index in [9.17, 15) is 45.8 Å². The summed E-state index contributed by atoms with van der Waals surface area (Å²) in [5.74, 6) is -8.68. The van der Waals surface area contributed by atoms with Crippen LogP contribution in [0.3, 0.4) is 0 Å². The van der Waals surface area contributed by atoms with Crippen LogP contribution in [0.4, 0.5) is 37.7 Å². The minimum Gasteiger partial charge on any atom is -0.491 e. The van der Waals surface area contributed by atoms with Gasteiger partial charge in [-0.2, -0.15) is 31.4 Å². The molecule has 0 radical (unpaired) electrons. The number of carbonyl (C=O) groups is 4. The summed E-state index contributed by atoms with van der Waals surface area (Å²) in [5.41, 5.74) is -0.205. The van der Waals surface area contributed by atoms with Crippen LogP contribution in [0.1, 0.15) is 46.6 Å². The number of para-hydroxylation sites is 1. The summed E-state index contributed by atoms with van der Waals surface area (Å²) in [6.45, 7) is 1.38. The number of hydrazine groups is 1. The number of aliphatic hydroxyl groups is 1. The maximum absolute atomic E-state index is 15.4. The highest BCUT2D eigenvalue weighted by Gasteiger charge is 2.70. The Morgan fingerprint density at radius 3 is 2.07 bits per heavy atom. The highest BCUT2D eigenvalue weighted by Crippen LogP contribution is 2.65. The summed E-state index contributed by atoms with van der Waals surface area (Å²) in [5, 5.41) is 10.7. The number of halogens is 6. The Hall–Kier alpha value is -5.96. The molecular weight excluding hydrogens is 768 g/mol. The third-order valence-electron chi connectivity index (χ3n) is 11.8. The SMILES string of the molecule is Cc1ccc(NN2C(=O)[C@@H]3C[C@@H]4C(=CC[C@@H]5C(=O)N(c6cc(C(F)(F)F)cc(C(F)(F)F)c6)C(=O)[C@@H]54)[C@H](c4ccccc4OCCO)[C@]3(c3ccccc3)C2=O)cc1. The Morgan fingerprint density at radius 2 is 1.43 bits per heavy atom. The zero-order valence-corrected chi connectivity index (χ0v) is 30.7. The summed E-state index contributed by atoms with van der Waals surface area (Å²) >= 11 is 0. The topological polar surface area (TPSA) is 116 Å². The van der Waals surface area contributed by atoms with Gasteiger partial charge in [-0.1, -0.05) is 77.9 Å². The van der Waals surface area contributed by atoms with Crippen LogP contribution in [0.25, 0.3) is 0 Å². The van der Waals surface area contributed by atoms with Crippen LogP contribution in [0.15, 0.2) is 109 Å². The van der Waals surface area contributed by atoms with E-state index in [1.807, 2.05) is 6.92 Å². The lowest BCUT2D eigenvalue weighted by Crippen LogP contribution is -2.53. The van der Waals surface area contributed by atoms with Crippen molar-refractivity contribution in [1.82, 2.24) is 5.01 Å². The Balaban J connectivity index is 1.31. The fourth-order valence-electron chi connectivity index (χ4n) is 9.42. The van der Waals surface area contributed by atoms with Gasteiger partial charge in [0, 0.05) is 11.5 Å². The third kappa shape index (κ3) is 6.14. The molecule has 2 aliphatic carbocycles. The first-order valence-corrected chi connectivity index (χ1v) is 18.5. The van der Waals surface area contributed by atoms with E-state index in [1.165, 1.54) is 0 Å². The summed E-state index contributed by atoms with van der Waals surface area (Å²) in [6.07, 6.45) is -9.07. The molecule has 2 saturated heterocycles. The van der Waals surface area contributed by atoms with Crippen molar-refractivity contribution < 1.29 is 55.4 Å². The highest BCUT2D eigenvalue weighted by molar-refractivity contribution is 6.22. The fraction of sp³-hybridized carbons (Fsp3) is 0.302. The van der Waals surface area contributed by atoms with E-state index in [4.69, 9.17) is 4.74 Å². The predicted molar refractivity (Wildman–Crippen MR) is 197 cm³/mol. The number of benzene rings is 4. The molecule has 0 bridgehead atoms. The number of carbonyl (C=O) groups excluding carboxylic acids is 4. The molecule has 300 valence electrons. The van der Waals surface area contributed by atoms with Gasteiger partial charge in [-0.15, -0.1) is 0 Å². The number of aryl methyl sites for hydroxylation is 1. The van der Waals surface area contributed by atoms with Crippen LogP contribution in [-0.2, 0) is 36.9 Å². The van der Waals surface area contributed by atoms with E-state index in [0.29, 0.717) is 39.4 Å². The second kappa shape index (κ2) is 14.1. The molecule has 2 heterocycles. The molecule has 4 aromatic carbocycles. The van der Waals surface area contributed by atoms with Crippen LogP contribution in [0, 0.1) is 30.6 Å². The van der Waals surface area contributed by atoms with Gasteiger partial charge in [0.1, 0.15) is 12.4 Å². The van der Waals surface area contributed by atoms with Crippen LogP contribution >= 0.6 is 0 Å². The minimum atomic E-state index is -5.24. The standard InChI is InChI=1S/C43H35F6N3O6/c1-23-11-13-27(14-12-23)50-52-38(55)33-22-32-29(36(30-9-5-6-10-34(30)58-18-17-53)41(33,40(52)57)24-7-3-2-4-8-24)15-16-31-35(32)39(56)51(37(31)54)28-20-25(42(44,45)46)19-26(21-28)43(47,48)49/h2-15,19-21,31-33,35-36,50,53H,16-18,22H2,1H3/t31-,32+,33-,35-,36+,41+/m0/s1. The molecular formula is C43H35F6N3O6. The number of fused-ring (bicyclic) bond motifs is 4. The number of amides is 4. The molecule has 58 heavy (non-hydrogen) atoms. The zero-order chi connectivity index (χ0) is 41.3. The van der Waals surface area contributed by atoms with Gasteiger partial charge < -0.3 is 9.84 Å². The van der Waals surface area contributed by atoms with Crippen molar-refractivity contribution >= 4 is 35.0 Å². The molecule has 6 atom stereocenters. The second-order valence-electron chi connectivity index (χ2n) is 15.0. The molecule has 8 rings (SSSR count). The monoisotopic (exact) mass is 803 g/mol. The number of hydrogen-bond donors (Lipinski definition) is 2. The van der Waals surface area contributed by atoms with Gasteiger partial charge in [0.05, 0.1) is 52.3 Å². The van der Waals surface area contributed by atoms with E-state index in [-0.39, 0.29) is 37.9 Å². The lowest BCUT2D eigenvalue weighted by Gasteiger charge is -2.50. The number of rotatable bonds is 8. The number of nitrogens with zero attached hydrogens (tertiary/aromatic N) is 2. The molecule has 15 heteroatoms. The van der Waals surface area contributed by atoms with E-state index in [2.05, 4.69) is 5.43 Å². The van der Waals surface area contributed by atoms with Crippen LogP contribution < -0.4 is 15.1 Å². The Labute approximate surface area is 327 Å². The molecule has 3 fully saturated rings. The van der Waals surface area contributed by atoms with E-state index >= 15 is 4.79 Å². The van der Waals surface area contributed by atoms with Crippen LogP contribution in [0.5, 0.6) is 5.75 Å². The van der Waals surface area contributed by atoms with Crippen molar-refractivity contribution in [2.75, 3.05) is 23.5 Å². The summed E-state index contributed by atoms with van der Waals surface area (Å²) in [6, 6.07) is 23.0. The molecule has 0 unspecified atom stereocenters. The fourth-order valence-corrected chi connectivity index (χ4v) is 9.42. The summed E-state index contributed by atoms with van der Waals surface area (Å²) in [7, 11) is 0. The predicted octanol–water partition coefficient (Wildman–Crippen LogP) is 7.59. The third-order valence-corrected chi connectivity index (χ3v) is 11.8. The van der Waals surface area contributed by atoms with Gasteiger partial charge in [0.25, 0.3) is 11.8 Å². The number of allylic oxidation sites excluding steroid dienone is 2. The lowest BCUT2D eigenvalue weighted by molar-refractivity contribution is -0.143. The van der Waals surface area contributed by atoms with Gasteiger partial charge in [0.15, 0.2) is 0 Å². The Bertz CT molecular complexity index is 2310. The van der Waals surface area contributed by atoms with Crippen molar-refractivity contribution in [3.05, 3.63) is 137 Å². The number of anilines is 2. The number of ether oxygens (including phenoxy) is 1. The van der Waals surface area contributed by atoms with Crippen molar-refractivity contribution in [2.45, 2.75) is 43.5 Å². The normalized spacial score (nSPS) is 25.7. The van der Waals surface area contributed by atoms with Crippen molar-refractivity contribution in [3.8, 4) is 5.75 Å². The van der Waals surface area contributed by atoms with Crippen molar-refractivity contribution in [3.63, 3.8) is 0 Å². The molecule has 2 aliphatic heterocycles. The number of hydrogen-bond acceptors (Lipinski definition) is 7. The van der Waals surface area contributed by atoms with Crippen molar-refractivity contribution in [1.29, 1.82) is 0 Å². The molecule has 4 amide bonds. The minimum absolute atomic E-state index is 0.0778. The van der Waals surface area contributed by atoms with Gasteiger partial charge in [0.2, 0.25) is 11.8 Å². The molecule has 4 aromatic rings. The number of imide groups is 2. The second-order valence-corrected chi connectivity index (χ2v) is 15.0. The first-order chi connectivity index (χ1) is 27.6. The van der Waals surface area contributed by atoms with Gasteiger partial charge >= 0.3 is 12.4 Å². The number of alkyl halides is 6. The summed E-state index contributed by atoms with van der Waals surface area (Å²) < 4.78 is 89.7. The smallest absolute Gasteiger partial charge is 0.416 e. The van der Waals surface area contributed by atoms with Gasteiger partial charge in [-0.25, -0.2) is 4.90 Å². The largest absolute Gasteiger partial charge is 0.491 e. The maximum Gasteiger partial charge on any atom is 0.416 e. The average molecular weight is 804 g/mol. The molecule has 9 nitrogen and oxygen atoms in total. The number of nitrogens with one attached hydrogen (secondary N) is 1.